The van der Waals surface area contributed by atoms with E-state index in [9.17, 15) is 14.7 Å². The summed E-state index contributed by atoms with van der Waals surface area (Å²) >= 11 is 0. The lowest BCUT2D eigenvalue weighted by atomic mass is 9.98. The van der Waals surface area contributed by atoms with Gasteiger partial charge in [-0.25, -0.2) is 0 Å². The van der Waals surface area contributed by atoms with Gasteiger partial charge in [0.1, 0.15) is 17.5 Å². The molecule has 3 rings (SSSR count). The van der Waals surface area contributed by atoms with Gasteiger partial charge in [-0.3, -0.25) is 19.1 Å². The van der Waals surface area contributed by atoms with Gasteiger partial charge < -0.3 is 19.9 Å². The van der Waals surface area contributed by atoms with Gasteiger partial charge in [-0.1, -0.05) is 39.8 Å². The van der Waals surface area contributed by atoms with E-state index >= 15 is 0 Å². The maximum Gasteiger partial charge on any atom is 0.323 e. The Bertz CT molecular complexity index is 1330. The van der Waals surface area contributed by atoms with Crippen LogP contribution in [0.2, 0.25) is 0 Å². The number of phenols is 1. The second kappa shape index (κ2) is 13.0. The Morgan fingerprint density at radius 2 is 1.68 bits per heavy atom. The molecule has 0 aliphatic rings. The third kappa shape index (κ3) is 6.62. The molecule has 3 aromatic rings. The number of likely N-dealkylation sites (N-methyl/N-ethyl adjacent to an activating group) is 1. The van der Waals surface area contributed by atoms with Crippen LogP contribution in [0.4, 0.5) is 0 Å². The van der Waals surface area contributed by atoms with E-state index in [-0.39, 0.29) is 47.4 Å². The summed E-state index contributed by atoms with van der Waals surface area (Å²) in [5.74, 6) is 0.492. The summed E-state index contributed by atoms with van der Waals surface area (Å²) in [6.07, 6.45) is 0. The normalized spacial score (nSPS) is 12.3. The molecule has 2 N–H and O–H groups in total. The molecule has 10 nitrogen and oxygen atoms in total. The largest absolute Gasteiger partial charge is 0.507 e. The number of nitrogens with one attached hydrogen (secondary N) is 1. The van der Waals surface area contributed by atoms with Crippen molar-refractivity contribution in [2.24, 2.45) is 5.92 Å². The van der Waals surface area contributed by atoms with Gasteiger partial charge in [0.2, 0.25) is 5.82 Å². The minimum Gasteiger partial charge on any atom is -0.507 e. The first-order valence-corrected chi connectivity index (χ1v) is 13.4. The maximum absolute atomic E-state index is 13.1. The van der Waals surface area contributed by atoms with Crippen LogP contribution in [0, 0.1) is 5.92 Å². The van der Waals surface area contributed by atoms with Crippen molar-refractivity contribution in [2.75, 3.05) is 21.3 Å². The van der Waals surface area contributed by atoms with E-state index in [0.29, 0.717) is 29.4 Å². The summed E-state index contributed by atoms with van der Waals surface area (Å²) in [6.45, 7) is 12.3. The van der Waals surface area contributed by atoms with Crippen molar-refractivity contribution in [2.45, 2.75) is 66.1 Å². The number of aromatic nitrogens is 3. The van der Waals surface area contributed by atoms with Crippen molar-refractivity contribution in [1.82, 2.24) is 25.0 Å². The smallest absolute Gasteiger partial charge is 0.323 e. The van der Waals surface area contributed by atoms with Crippen LogP contribution in [0.1, 0.15) is 69.2 Å². The van der Waals surface area contributed by atoms with E-state index in [1.165, 1.54) is 7.11 Å². The number of nitrogens with zero attached hydrogens (tertiary/aromatic N) is 4. The number of methoxy groups -OCH3 is 2. The van der Waals surface area contributed by atoms with Crippen LogP contribution in [-0.2, 0) is 16.1 Å². The number of aromatic hydroxyl groups is 1. The van der Waals surface area contributed by atoms with Gasteiger partial charge in [0, 0.05) is 24.3 Å². The lowest BCUT2D eigenvalue weighted by Gasteiger charge is -2.28. The highest BCUT2D eigenvalue weighted by molar-refractivity contribution is 5.92. The van der Waals surface area contributed by atoms with Crippen molar-refractivity contribution in [3.63, 3.8) is 0 Å². The minimum atomic E-state index is -0.382. The number of rotatable bonds is 11. The molecular weight excluding hydrogens is 510 g/mol. The van der Waals surface area contributed by atoms with Crippen molar-refractivity contribution < 1.29 is 24.2 Å². The van der Waals surface area contributed by atoms with E-state index in [0.717, 1.165) is 11.1 Å². The van der Waals surface area contributed by atoms with Crippen LogP contribution >= 0.6 is 0 Å². The average molecular weight is 552 g/mol. The van der Waals surface area contributed by atoms with Gasteiger partial charge in [0.05, 0.1) is 19.8 Å². The number of amides is 1. The molecule has 0 saturated heterocycles. The van der Waals surface area contributed by atoms with E-state index < -0.39 is 0 Å². The highest BCUT2D eigenvalue weighted by Crippen LogP contribution is 2.38. The number of hydrogen-bond acceptors (Lipinski definition) is 8. The fourth-order valence-corrected chi connectivity index (χ4v) is 4.79. The molecule has 40 heavy (non-hydrogen) atoms. The third-order valence-electron chi connectivity index (χ3n) is 6.67. The van der Waals surface area contributed by atoms with E-state index in [4.69, 9.17) is 9.47 Å². The standard InChI is InChI=1S/C30H41N5O5/c1-17(2)22-14-23(24(36)15-25(22)39-8)27-32-33-28(29(37)31-19(5)6)35(27)21-12-10-20(11-13-21)16-34(7)26(18(3)4)30(38)40-9/h10-15,17-19,26,36H,16H2,1-9H3,(H,31,37). The molecule has 0 saturated carbocycles. The number of ether oxygens (including phenoxy) is 2. The molecule has 1 aromatic heterocycles. The van der Waals surface area contributed by atoms with Crippen LogP contribution in [0.15, 0.2) is 36.4 Å². The molecule has 0 fully saturated rings. The number of carbonyl (C=O) groups excluding carboxylic acids is 2. The molecule has 1 heterocycles. The molecule has 2 aromatic carbocycles. The van der Waals surface area contributed by atoms with Crippen LogP contribution in [0.3, 0.4) is 0 Å². The number of hydrogen-bond donors (Lipinski definition) is 2. The summed E-state index contributed by atoms with van der Waals surface area (Å²) in [5, 5.41) is 22.4. The quantitative estimate of drug-likeness (QED) is 0.334. The number of carbonyl (C=O) groups is 2. The zero-order valence-electron chi connectivity index (χ0n) is 24.8. The zero-order chi connectivity index (χ0) is 29.7. The Morgan fingerprint density at radius 1 is 1.02 bits per heavy atom. The average Bonchev–Trinajstić information content (AvgIpc) is 3.33. The Balaban J connectivity index is 2.09. The summed E-state index contributed by atoms with van der Waals surface area (Å²) in [6, 6.07) is 10.5. The molecule has 216 valence electrons. The van der Waals surface area contributed by atoms with Crippen molar-refractivity contribution >= 4 is 11.9 Å². The first-order valence-electron chi connectivity index (χ1n) is 13.4. The Labute approximate surface area is 236 Å². The fraction of sp³-hybridized carbons (Fsp3) is 0.467. The Kier molecular flexibility index (Phi) is 9.92. The van der Waals surface area contributed by atoms with Gasteiger partial charge in [0.25, 0.3) is 5.91 Å². The molecule has 0 radical (unpaired) electrons. The second-order valence-corrected chi connectivity index (χ2v) is 10.9. The molecule has 0 spiro atoms. The fourth-order valence-electron chi connectivity index (χ4n) is 4.79. The number of benzene rings is 2. The van der Waals surface area contributed by atoms with E-state index in [1.54, 1.807) is 17.7 Å². The summed E-state index contributed by atoms with van der Waals surface area (Å²) < 4.78 is 12.1. The summed E-state index contributed by atoms with van der Waals surface area (Å²) in [5.41, 5.74) is 2.94. The first kappa shape index (κ1) is 30.6. The zero-order valence-corrected chi connectivity index (χ0v) is 24.8. The van der Waals surface area contributed by atoms with Crippen LogP contribution in [0.25, 0.3) is 17.1 Å². The summed E-state index contributed by atoms with van der Waals surface area (Å²) in [4.78, 5) is 27.4. The number of phenolic OH excluding ortho intramolecular Hbond substituents is 1. The highest BCUT2D eigenvalue weighted by atomic mass is 16.5. The molecule has 1 unspecified atom stereocenters. The van der Waals surface area contributed by atoms with Crippen LogP contribution in [-0.4, -0.2) is 70.0 Å². The van der Waals surface area contributed by atoms with Crippen molar-refractivity contribution in [3.05, 3.63) is 53.3 Å². The Morgan fingerprint density at radius 3 is 2.20 bits per heavy atom. The maximum atomic E-state index is 13.1. The van der Waals surface area contributed by atoms with Crippen molar-refractivity contribution in [1.29, 1.82) is 0 Å². The second-order valence-electron chi connectivity index (χ2n) is 10.9. The lowest BCUT2D eigenvalue weighted by Crippen LogP contribution is -2.42. The topological polar surface area (TPSA) is 119 Å². The highest BCUT2D eigenvalue weighted by Gasteiger charge is 2.28. The van der Waals surface area contributed by atoms with Crippen LogP contribution in [0.5, 0.6) is 11.5 Å². The predicted octanol–water partition coefficient (Wildman–Crippen LogP) is 4.54. The van der Waals surface area contributed by atoms with Gasteiger partial charge in [-0.05, 0) is 62.1 Å². The van der Waals surface area contributed by atoms with Crippen LogP contribution < -0.4 is 10.1 Å². The van der Waals surface area contributed by atoms with Gasteiger partial charge >= 0.3 is 5.97 Å². The van der Waals surface area contributed by atoms with E-state index in [2.05, 4.69) is 15.5 Å². The predicted molar refractivity (Wildman–Crippen MR) is 154 cm³/mol. The van der Waals surface area contributed by atoms with Gasteiger partial charge in [-0.15, -0.1) is 10.2 Å². The van der Waals surface area contributed by atoms with E-state index in [1.807, 2.05) is 83.8 Å². The minimum absolute atomic E-state index is 0.0356. The van der Waals surface area contributed by atoms with Crippen molar-refractivity contribution in [3.8, 4) is 28.6 Å². The van der Waals surface area contributed by atoms with Gasteiger partial charge in [-0.2, -0.15) is 0 Å². The lowest BCUT2D eigenvalue weighted by molar-refractivity contribution is -0.148. The third-order valence-corrected chi connectivity index (χ3v) is 6.67. The summed E-state index contributed by atoms with van der Waals surface area (Å²) in [7, 11) is 4.85. The SMILES string of the molecule is COC(=O)C(C(C)C)N(C)Cc1ccc(-n2c(C(=O)NC(C)C)nnc2-c2cc(C(C)C)c(OC)cc2O)cc1. The Hall–Kier alpha value is -3.92. The molecular formula is C30H41N5O5. The molecule has 0 aliphatic heterocycles. The molecule has 0 aliphatic carbocycles. The first-order chi connectivity index (χ1) is 18.9. The number of esters is 1. The molecule has 0 bridgehead atoms. The molecule has 10 heteroatoms. The molecule has 1 amide bonds. The van der Waals surface area contributed by atoms with Gasteiger partial charge in [0.15, 0.2) is 5.82 Å². The monoisotopic (exact) mass is 551 g/mol. The molecule has 1 atom stereocenters.